The first-order valence-electron chi connectivity index (χ1n) is 4.84. The molecule has 1 amide bonds. The molecule has 0 spiro atoms. The summed E-state index contributed by atoms with van der Waals surface area (Å²) in [6.45, 7) is 1.90. The van der Waals surface area contributed by atoms with Crippen molar-refractivity contribution in [3.8, 4) is 0 Å². The van der Waals surface area contributed by atoms with E-state index < -0.39 is 0 Å². The number of nitrogen functional groups attached to an aromatic ring is 1. The first kappa shape index (κ1) is 13.4. The Balaban J connectivity index is 2.77. The molecular weight excluding hydrogens is 288 g/mol. The van der Waals surface area contributed by atoms with Gasteiger partial charge in [0.25, 0.3) is 0 Å². The highest BCUT2D eigenvalue weighted by atomic mass is 79.9. The maximum atomic E-state index is 11.7. The number of carbonyl (C=O) groups excluding carboxylic acids is 1. The molecule has 16 heavy (non-hydrogen) atoms. The van der Waals surface area contributed by atoms with E-state index in [2.05, 4.69) is 15.9 Å². The van der Waals surface area contributed by atoms with Crippen LogP contribution >= 0.6 is 27.7 Å². The van der Waals surface area contributed by atoms with E-state index in [4.69, 9.17) is 5.73 Å². The Morgan fingerprint density at radius 3 is 2.62 bits per heavy atom. The number of rotatable bonds is 3. The van der Waals surface area contributed by atoms with Gasteiger partial charge in [-0.1, -0.05) is 0 Å². The summed E-state index contributed by atoms with van der Waals surface area (Å²) in [5.41, 5.74) is 6.36. The Hall–Kier alpha value is -0.680. The summed E-state index contributed by atoms with van der Waals surface area (Å²) in [6, 6.07) is 5.60. The summed E-state index contributed by atoms with van der Waals surface area (Å²) in [4.78, 5) is 14.3. The second-order valence-corrected chi connectivity index (χ2v) is 5.92. The highest BCUT2D eigenvalue weighted by Crippen LogP contribution is 2.32. The van der Waals surface area contributed by atoms with Crippen LogP contribution < -0.4 is 5.73 Å². The number of carbonyl (C=O) groups is 1. The van der Waals surface area contributed by atoms with Crippen LogP contribution in [0.25, 0.3) is 0 Å². The molecule has 0 aromatic heterocycles. The molecule has 0 saturated heterocycles. The van der Waals surface area contributed by atoms with Crippen molar-refractivity contribution in [3.05, 3.63) is 22.7 Å². The van der Waals surface area contributed by atoms with Gasteiger partial charge in [0.15, 0.2) is 0 Å². The predicted octanol–water partition coefficient (Wildman–Crippen LogP) is 2.60. The lowest BCUT2D eigenvalue weighted by Crippen LogP contribution is -2.29. The standard InChI is InChI=1S/C11H15BrN2OS/c1-7(11(15)14(2)3)16-10-5-4-8(13)6-9(10)12/h4-7H,13H2,1-3H3. The van der Waals surface area contributed by atoms with Gasteiger partial charge in [-0.25, -0.2) is 0 Å². The van der Waals surface area contributed by atoms with Gasteiger partial charge in [-0.15, -0.1) is 11.8 Å². The van der Waals surface area contributed by atoms with E-state index in [1.165, 1.54) is 11.8 Å². The predicted molar refractivity (Wildman–Crippen MR) is 72.6 cm³/mol. The van der Waals surface area contributed by atoms with E-state index in [9.17, 15) is 4.79 Å². The SMILES string of the molecule is CC(Sc1ccc(N)cc1Br)C(=O)N(C)C. The molecule has 0 saturated carbocycles. The van der Waals surface area contributed by atoms with Gasteiger partial charge in [-0.2, -0.15) is 0 Å². The highest BCUT2D eigenvalue weighted by Gasteiger charge is 2.17. The van der Waals surface area contributed by atoms with Crippen molar-refractivity contribution in [2.24, 2.45) is 0 Å². The lowest BCUT2D eigenvalue weighted by Gasteiger charge is -2.16. The van der Waals surface area contributed by atoms with Crippen LogP contribution in [0.2, 0.25) is 0 Å². The van der Waals surface area contributed by atoms with E-state index in [-0.39, 0.29) is 11.2 Å². The van der Waals surface area contributed by atoms with Crippen LogP contribution in [0.4, 0.5) is 5.69 Å². The van der Waals surface area contributed by atoms with Gasteiger partial charge in [0.1, 0.15) is 0 Å². The van der Waals surface area contributed by atoms with Crippen LogP contribution in [0.5, 0.6) is 0 Å². The number of nitrogens with two attached hydrogens (primary N) is 1. The third-order valence-corrected chi connectivity index (χ3v) is 4.13. The number of amides is 1. The minimum absolute atomic E-state index is 0.102. The fourth-order valence-corrected chi connectivity index (χ4v) is 2.90. The second kappa shape index (κ2) is 5.59. The molecule has 0 aliphatic heterocycles. The first-order chi connectivity index (χ1) is 7.41. The Kier molecular flexibility index (Phi) is 4.68. The van der Waals surface area contributed by atoms with Crippen molar-refractivity contribution >= 4 is 39.3 Å². The minimum atomic E-state index is -0.102. The number of halogens is 1. The molecule has 0 heterocycles. The lowest BCUT2D eigenvalue weighted by atomic mass is 10.3. The monoisotopic (exact) mass is 302 g/mol. The van der Waals surface area contributed by atoms with Gasteiger partial charge in [-0.3, -0.25) is 4.79 Å². The summed E-state index contributed by atoms with van der Waals surface area (Å²) in [7, 11) is 3.52. The van der Waals surface area contributed by atoms with E-state index >= 15 is 0 Å². The summed E-state index contributed by atoms with van der Waals surface area (Å²) in [5, 5.41) is -0.102. The lowest BCUT2D eigenvalue weighted by molar-refractivity contribution is -0.127. The molecular formula is C11H15BrN2OS. The highest BCUT2D eigenvalue weighted by molar-refractivity contribution is 9.10. The van der Waals surface area contributed by atoms with Crippen molar-refractivity contribution in [1.82, 2.24) is 4.90 Å². The van der Waals surface area contributed by atoms with Gasteiger partial charge in [-0.05, 0) is 41.1 Å². The molecule has 0 aliphatic carbocycles. The summed E-state index contributed by atoms with van der Waals surface area (Å²) < 4.78 is 0.927. The number of anilines is 1. The maximum absolute atomic E-state index is 11.7. The van der Waals surface area contributed by atoms with Crippen LogP contribution in [0.3, 0.4) is 0 Å². The zero-order valence-corrected chi connectivity index (χ0v) is 11.9. The maximum Gasteiger partial charge on any atom is 0.235 e. The Morgan fingerprint density at radius 2 is 2.12 bits per heavy atom. The fraction of sp³-hybridized carbons (Fsp3) is 0.364. The average molecular weight is 303 g/mol. The second-order valence-electron chi connectivity index (χ2n) is 3.68. The molecule has 0 radical (unpaired) electrons. The van der Waals surface area contributed by atoms with E-state index in [1.807, 2.05) is 25.1 Å². The molecule has 1 aromatic carbocycles. The molecule has 0 fully saturated rings. The topological polar surface area (TPSA) is 46.3 Å². The number of hydrogen-bond donors (Lipinski definition) is 1. The molecule has 1 atom stereocenters. The zero-order chi connectivity index (χ0) is 12.3. The molecule has 1 aromatic rings. The van der Waals surface area contributed by atoms with E-state index in [1.54, 1.807) is 19.0 Å². The van der Waals surface area contributed by atoms with Crippen molar-refractivity contribution in [2.75, 3.05) is 19.8 Å². The van der Waals surface area contributed by atoms with Gasteiger partial charge in [0.2, 0.25) is 5.91 Å². The molecule has 0 bridgehead atoms. The fourth-order valence-electron chi connectivity index (χ4n) is 1.22. The third kappa shape index (κ3) is 3.42. The van der Waals surface area contributed by atoms with Gasteiger partial charge in [0, 0.05) is 29.2 Å². The van der Waals surface area contributed by atoms with E-state index in [0.717, 1.165) is 9.37 Å². The van der Waals surface area contributed by atoms with Crippen molar-refractivity contribution < 1.29 is 4.79 Å². The van der Waals surface area contributed by atoms with Gasteiger partial charge in [0.05, 0.1) is 5.25 Å². The number of thioether (sulfide) groups is 1. The Labute approximate surface area is 109 Å². The number of nitrogens with zero attached hydrogens (tertiary/aromatic N) is 1. The van der Waals surface area contributed by atoms with Crippen LogP contribution in [-0.2, 0) is 4.79 Å². The smallest absolute Gasteiger partial charge is 0.235 e. The molecule has 3 nitrogen and oxygen atoms in total. The third-order valence-electron chi connectivity index (χ3n) is 2.05. The largest absolute Gasteiger partial charge is 0.399 e. The molecule has 1 unspecified atom stereocenters. The summed E-state index contributed by atoms with van der Waals surface area (Å²) in [5.74, 6) is 0.105. The molecule has 88 valence electrons. The van der Waals surface area contributed by atoms with Crippen molar-refractivity contribution in [2.45, 2.75) is 17.1 Å². The quantitative estimate of drug-likeness (QED) is 0.689. The first-order valence-corrected chi connectivity index (χ1v) is 6.52. The summed E-state index contributed by atoms with van der Waals surface area (Å²) >= 11 is 4.96. The van der Waals surface area contributed by atoms with Crippen molar-refractivity contribution in [3.63, 3.8) is 0 Å². The number of hydrogen-bond acceptors (Lipinski definition) is 3. The van der Waals surface area contributed by atoms with E-state index in [0.29, 0.717) is 5.69 Å². The minimum Gasteiger partial charge on any atom is -0.399 e. The summed E-state index contributed by atoms with van der Waals surface area (Å²) in [6.07, 6.45) is 0. The molecule has 0 aliphatic rings. The Morgan fingerprint density at radius 1 is 1.50 bits per heavy atom. The van der Waals surface area contributed by atoms with Gasteiger partial charge >= 0.3 is 0 Å². The molecule has 2 N–H and O–H groups in total. The number of benzene rings is 1. The normalized spacial score (nSPS) is 12.2. The molecule has 5 heteroatoms. The average Bonchev–Trinajstić information content (AvgIpc) is 2.20. The van der Waals surface area contributed by atoms with Crippen LogP contribution in [0, 0.1) is 0 Å². The van der Waals surface area contributed by atoms with Crippen LogP contribution in [0.1, 0.15) is 6.92 Å². The molecule has 1 rings (SSSR count). The van der Waals surface area contributed by atoms with Crippen LogP contribution in [0.15, 0.2) is 27.6 Å². The van der Waals surface area contributed by atoms with Gasteiger partial charge < -0.3 is 10.6 Å². The zero-order valence-electron chi connectivity index (χ0n) is 9.53. The Bertz CT molecular complexity index is 396. The van der Waals surface area contributed by atoms with Crippen LogP contribution in [-0.4, -0.2) is 30.2 Å². The van der Waals surface area contributed by atoms with Crippen molar-refractivity contribution in [1.29, 1.82) is 0 Å².